The summed E-state index contributed by atoms with van der Waals surface area (Å²) in [6.45, 7) is -0.283. The first-order chi connectivity index (χ1) is 15.1. The first kappa shape index (κ1) is 20.4. The summed E-state index contributed by atoms with van der Waals surface area (Å²) < 4.78 is 18.9. The molecule has 0 aliphatic carbocycles. The fourth-order valence-corrected chi connectivity index (χ4v) is 3.49. The number of carbonyl (C=O) groups is 2. The zero-order chi connectivity index (χ0) is 21.6. The van der Waals surface area contributed by atoms with Crippen molar-refractivity contribution in [1.82, 2.24) is 20.7 Å². The number of hydrogen-bond donors (Lipinski definition) is 2. The minimum atomic E-state index is -0.543. The molecule has 4 aromatic rings. The molecular formula is C21H16FN5O3S. The molecule has 0 bridgehead atoms. The molecule has 2 N–H and O–H groups in total. The summed E-state index contributed by atoms with van der Waals surface area (Å²) in [5.41, 5.74) is 1.34. The molecule has 0 unspecified atom stereocenters. The van der Waals surface area contributed by atoms with Gasteiger partial charge < -0.3 is 9.84 Å². The number of nitrogens with one attached hydrogen (secondary N) is 2. The Morgan fingerprint density at radius 2 is 1.81 bits per heavy atom. The van der Waals surface area contributed by atoms with E-state index in [1.54, 1.807) is 18.2 Å². The van der Waals surface area contributed by atoms with E-state index in [4.69, 9.17) is 4.52 Å². The number of benzene rings is 2. The van der Waals surface area contributed by atoms with Gasteiger partial charge in [-0.15, -0.1) is 10.2 Å². The van der Waals surface area contributed by atoms with Gasteiger partial charge in [-0.2, -0.15) is 0 Å². The highest BCUT2D eigenvalue weighted by molar-refractivity contribution is 7.15. The molecule has 0 radical (unpaired) electrons. The zero-order valence-corrected chi connectivity index (χ0v) is 16.9. The lowest BCUT2D eigenvalue weighted by Gasteiger charge is -2.02. The second-order valence-electron chi connectivity index (χ2n) is 6.44. The third kappa shape index (κ3) is 5.17. The quantitative estimate of drug-likeness (QED) is 0.459. The molecule has 0 aliphatic rings. The normalized spacial score (nSPS) is 10.6. The van der Waals surface area contributed by atoms with Gasteiger partial charge in [0.25, 0.3) is 5.91 Å². The van der Waals surface area contributed by atoms with Crippen LogP contribution in [0.4, 0.5) is 9.52 Å². The molecule has 2 amide bonds. The Morgan fingerprint density at radius 1 is 1.03 bits per heavy atom. The molecular weight excluding hydrogens is 421 g/mol. The number of rotatable bonds is 7. The monoisotopic (exact) mass is 437 g/mol. The molecule has 0 fully saturated rings. The number of hydrogen-bond acceptors (Lipinski definition) is 7. The highest BCUT2D eigenvalue weighted by Crippen LogP contribution is 2.21. The third-order valence-electron chi connectivity index (χ3n) is 4.22. The lowest BCUT2D eigenvalue weighted by atomic mass is 10.1. The number of amides is 2. The van der Waals surface area contributed by atoms with Gasteiger partial charge in [0, 0.05) is 18.1 Å². The second-order valence-corrected chi connectivity index (χ2v) is 7.50. The van der Waals surface area contributed by atoms with Gasteiger partial charge in [-0.3, -0.25) is 14.9 Å². The largest absolute Gasteiger partial charge is 0.355 e. The molecule has 8 nitrogen and oxygen atoms in total. The molecule has 0 atom stereocenters. The highest BCUT2D eigenvalue weighted by atomic mass is 32.1. The van der Waals surface area contributed by atoms with Crippen molar-refractivity contribution in [3.8, 4) is 11.3 Å². The van der Waals surface area contributed by atoms with E-state index in [2.05, 4.69) is 26.0 Å². The number of carbonyl (C=O) groups excluding carboxylic acids is 2. The Morgan fingerprint density at radius 3 is 2.61 bits per heavy atom. The molecule has 4 rings (SSSR count). The van der Waals surface area contributed by atoms with E-state index in [-0.39, 0.29) is 29.6 Å². The van der Waals surface area contributed by atoms with Crippen LogP contribution in [0.15, 0.2) is 65.2 Å². The standard InChI is InChI=1S/C21H16FN5O3S/c22-15-9-5-4-8-14(15)10-19-25-26-21(31-19)24-18(28)12-23-20(29)16-11-17(30-27-16)13-6-2-1-3-7-13/h1-9,11H,10,12H2,(H,23,29)(H,24,26,28). The summed E-state index contributed by atoms with van der Waals surface area (Å²) in [6.07, 6.45) is 0.271. The smallest absolute Gasteiger partial charge is 0.273 e. The van der Waals surface area contributed by atoms with Crippen molar-refractivity contribution in [2.45, 2.75) is 6.42 Å². The first-order valence-electron chi connectivity index (χ1n) is 9.24. The fraction of sp³-hybridized carbons (Fsp3) is 0.0952. The Hall–Kier alpha value is -3.92. The summed E-state index contributed by atoms with van der Waals surface area (Å²) in [6, 6.07) is 17.1. The minimum absolute atomic E-state index is 0.0646. The predicted octanol–water partition coefficient (Wildman–Crippen LogP) is 3.29. The number of aromatic nitrogens is 3. The molecule has 2 aromatic carbocycles. The Labute approximate surface area is 180 Å². The average molecular weight is 437 g/mol. The van der Waals surface area contributed by atoms with E-state index in [1.165, 1.54) is 12.1 Å². The van der Waals surface area contributed by atoms with Crippen LogP contribution in [-0.4, -0.2) is 33.7 Å². The van der Waals surface area contributed by atoms with Gasteiger partial charge in [0.05, 0.1) is 6.54 Å². The van der Waals surface area contributed by atoms with Crippen molar-refractivity contribution in [1.29, 1.82) is 0 Å². The van der Waals surface area contributed by atoms with Gasteiger partial charge in [0.15, 0.2) is 11.5 Å². The van der Waals surface area contributed by atoms with Gasteiger partial charge >= 0.3 is 0 Å². The van der Waals surface area contributed by atoms with Crippen LogP contribution < -0.4 is 10.6 Å². The number of anilines is 1. The van der Waals surface area contributed by atoms with Crippen LogP contribution in [0.5, 0.6) is 0 Å². The maximum absolute atomic E-state index is 13.7. The van der Waals surface area contributed by atoms with E-state index in [0.717, 1.165) is 16.9 Å². The fourth-order valence-electron chi connectivity index (χ4n) is 2.72. The van der Waals surface area contributed by atoms with Crippen molar-refractivity contribution in [3.63, 3.8) is 0 Å². The van der Waals surface area contributed by atoms with Crippen molar-refractivity contribution < 1.29 is 18.5 Å². The summed E-state index contributed by atoms with van der Waals surface area (Å²) in [4.78, 5) is 24.3. The van der Waals surface area contributed by atoms with Crippen LogP contribution in [0, 0.1) is 5.82 Å². The van der Waals surface area contributed by atoms with Crippen LogP contribution in [0.1, 0.15) is 21.1 Å². The average Bonchev–Trinajstić information content (AvgIpc) is 3.44. The molecule has 31 heavy (non-hydrogen) atoms. The van der Waals surface area contributed by atoms with E-state index < -0.39 is 11.8 Å². The van der Waals surface area contributed by atoms with Gasteiger partial charge in [0.2, 0.25) is 11.0 Å². The summed E-state index contributed by atoms with van der Waals surface area (Å²) >= 11 is 1.14. The summed E-state index contributed by atoms with van der Waals surface area (Å²) in [5.74, 6) is -0.895. The predicted molar refractivity (Wildman–Crippen MR) is 112 cm³/mol. The third-order valence-corrected chi connectivity index (χ3v) is 5.06. The van der Waals surface area contributed by atoms with E-state index in [0.29, 0.717) is 16.3 Å². The van der Waals surface area contributed by atoms with Gasteiger partial charge in [-0.1, -0.05) is 65.0 Å². The van der Waals surface area contributed by atoms with Gasteiger partial charge in [0.1, 0.15) is 10.8 Å². The van der Waals surface area contributed by atoms with Crippen molar-refractivity contribution in [2.75, 3.05) is 11.9 Å². The Balaban J connectivity index is 1.29. The molecule has 0 saturated carbocycles. The van der Waals surface area contributed by atoms with Crippen molar-refractivity contribution in [3.05, 3.63) is 82.7 Å². The Kier molecular flexibility index (Phi) is 6.08. The second kappa shape index (κ2) is 9.26. The molecule has 0 aliphatic heterocycles. The van der Waals surface area contributed by atoms with Crippen LogP contribution in [0.3, 0.4) is 0 Å². The number of halogens is 1. The maximum atomic E-state index is 13.7. The Bertz CT molecular complexity index is 1210. The number of nitrogens with zero attached hydrogens (tertiary/aromatic N) is 3. The molecule has 2 heterocycles. The van der Waals surface area contributed by atoms with E-state index in [1.807, 2.05) is 30.3 Å². The molecule has 156 valence electrons. The van der Waals surface area contributed by atoms with Crippen LogP contribution in [0.2, 0.25) is 0 Å². The van der Waals surface area contributed by atoms with Crippen molar-refractivity contribution >= 4 is 28.3 Å². The molecule has 0 saturated heterocycles. The topological polar surface area (TPSA) is 110 Å². The molecule has 10 heteroatoms. The van der Waals surface area contributed by atoms with Gasteiger partial charge in [-0.25, -0.2) is 4.39 Å². The summed E-state index contributed by atoms with van der Waals surface area (Å²) in [5, 5.41) is 17.4. The van der Waals surface area contributed by atoms with Crippen LogP contribution >= 0.6 is 11.3 Å². The SMILES string of the molecule is O=C(CNC(=O)c1cc(-c2ccccc2)on1)Nc1nnc(Cc2ccccc2F)s1. The highest BCUT2D eigenvalue weighted by Gasteiger charge is 2.16. The summed E-state index contributed by atoms with van der Waals surface area (Å²) in [7, 11) is 0. The lowest BCUT2D eigenvalue weighted by molar-refractivity contribution is -0.115. The van der Waals surface area contributed by atoms with Crippen molar-refractivity contribution in [2.24, 2.45) is 0 Å². The van der Waals surface area contributed by atoms with Crippen LogP contribution in [0.25, 0.3) is 11.3 Å². The molecule has 0 spiro atoms. The zero-order valence-electron chi connectivity index (χ0n) is 16.0. The van der Waals surface area contributed by atoms with Gasteiger partial charge in [-0.05, 0) is 11.6 Å². The minimum Gasteiger partial charge on any atom is -0.355 e. The lowest BCUT2D eigenvalue weighted by Crippen LogP contribution is -2.33. The molecule has 2 aromatic heterocycles. The first-order valence-corrected chi connectivity index (χ1v) is 10.1. The maximum Gasteiger partial charge on any atom is 0.273 e. The van der Waals surface area contributed by atoms with E-state index >= 15 is 0 Å². The van der Waals surface area contributed by atoms with Crippen LogP contribution in [-0.2, 0) is 11.2 Å². The van der Waals surface area contributed by atoms with E-state index in [9.17, 15) is 14.0 Å².